The minimum absolute atomic E-state index is 0.918. The molecule has 0 saturated heterocycles. The summed E-state index contributed by atoms with van der Waals surface area (Å²) in [7, 11) is 0. The van der Waals surface area contributed by atoms with Gasteiger partial charge in [0.15, 0.2) is 0 Å². The Hall–Kier alpha value is -0.540. The predicted molar refractivity (Wildman–Crippen MR) is 48.9 cm³/mol. The van der Waals surface area contributed by atoms with Gasteiger partial charge in [0.2, 0.25) is 0 Å². The van der Waals surface area contributed by atoms with E-state index in [0.29, 0.717) is 0 Å². The van der Waals surface area contributed by atoms with Gasteiger partial charge in [-0.15, -0.1) is 22.7 Å². The molecule has 52 valence electrons. The van der Waals surface area contributed by atoms with Gasteiger partial charge in [0.25, 0.3) is 0 Å². The first-order valence-electron chi connectivity index (χ1n) is 3.01. The van der Waals surface area contributed by atoms with Crippen molar-refractivity contribution in [2.75, 3.05) is 5.73 Å². The van der Waals surface area contributed by atoms with E-state index in [2.05, 4.69) is 13.0 Å². The van der Waals surface area contributed by atoms with Crippen LogP contribution in [0, 0.1) is 6.92 Å². The van der Waals surface area contributed by atoms with Crippen LogP contribution in [0.25, 0.3) is 9.40 Å². The van der Waals surface area contributed by atoms with Crippen molar-refractivity contribution in [1.29, 1.82) is 0 Å². The van der Waals surface area contributed by atoms with Crippen LogP contribution in [0.2, 0.25) is 0 Å². The Bertz CT molecular complexity index is 295. The number of hydrogen-bond donors (Lipinski definition) is 1. The molecule has 1 nitrogen and oxygen atoms in total. The van der Waals surface area contributed by atoms with Gasteiger partial charge in [-0.1, -0.05) is 0 Å². The van der Waals surface area contributed by atoms with E-state index < -0.39 is 0 Å². The fraction of sp³-hybridized carbons (Fsp3) is 0.143. The van der Waals surface area contributed by atoms with Crippen molar-refractivity contribution in [2.24, 2.45) is 0 Å². The Kier molecular flexibility index (Phi) is 1.22. The summed E-state index contributed by atoms with van der Waals surface area (Å²) < 4.78 is 1.34. The zero-order valence-electron chi connectivity index (χ0n) is 5.55. The number of thiophene rings is 2. The Morgan fingerprint density at radius 2 is 2.10 bits per heavy atom. The number of nitrogen functional groups attached to an aromatic ring is 1. The molecule has 2 N–H and O–H groups in total. The summed E-state index contributed by atoms with van der Waals surface area (Å²) in [6, 6.07) is 4.20. The highest BCUT2D eigenvalue weighted by Crippen LogP contribution is 2.34. The van der Waals surface area contributed by atoms with Crippen LogP contribution in [0.4, 0.5) is 5.00 Å². The first-order chi connectivity index (χ1) is 4.75. The van der Waals surface area contributed by atoms with Crippen molar-refractivity contribution < 1.29 is 0 Å². The molecule has 10 heavy (non-hydrogen) atoms. The monoisotopic (exact) mass is 169 g/mol. The van der Waals surface area contributed by atoms with Gasteiger partial charge >= 0.3 is 0 Å². The number of hydrogen-bond acceptors (Lipinski definition) is 3. The van der Waals surface area contributed by atoms with E-state index in [9.17, 15) is 0 Å². The average molecular weight is 169 g/mol. The molecular weight excluding hydrogens is 162 g/mol. The maximum Gasteiger partial charge on any atom is 0.0889 e. The van der Waals surface area contributed by atoms with E-state index in [1.54, 1.807) is 11.3 Å². The highest BCUT2D eigenvalue weighted by molar-refractivity contribution is 7.40. The smallest absolute Gasteiger partial charge is 0.0889 e. The number of nitrogens with two attached hydrogens (primary N) is 1. The van der Waals surface area contributed by atoms with Gasteiger partial charge in [0.1, 0.15) is 0 Å². The Labute approximate surface area is 67.1 Å². The summed E-state index contributed by atoms with van der Waals surface area (Å²) in [6.07, 6.45) is 0. The highest BCUT2D eigenvalue weighted by atomic mass is 32.2. The average Bonchev–Trinajstić information content (AvgIpc) is 2.21. The summed E-state index contributed by atoms with van der Waals surface area (Å²) in [5.74, 6) is 0. The molecule has 0 saturated carbocycles. The van der Waals surface area contributed by atoms with E-state index in [4.69, 9.17) is 5.73 Å². The normalized spacial score (nSPS) is 10.9. The van der Waals surface area contributed by atoms with Crippen LogP contribution in [-0.4, -0.2) is 0 Å². The second kappa shape index (κ2) is 1.97. The number of rotatable bonds is 0. The number of aryl methyl sites for hydroxylation is 1. The van der Waals surface area contributed by atoms with Crippen LogP contribution >= 0.6 is 22.7 Å². The Morgan fingerprint density at radius 3 is 2.80 bits per heavy atom. The molecule has 0 aliphatic carbocycles. The minimum Gasteiger partial charge on any atom is -0.391 e. The van der Waals surface area contributed by atoms with Crippen LogP contribution in [0.3, 0.4) is 0 Å². The summed E-state index contributed by atoms with van der Waals surface area (Å²) >= 11 is 3.48. The van der Waals surface area contributed by atoms with Crippen molar-refractivity contribution in [1.82, 2.24) is 0 Å². The SMILES string of the molecule is Cc1cc2cc(N)sc2s1. The molecule has 0 amide bonds. The zero-order chi connectivity index (χ0) is 7.14. The van der Waals surface area contributed by atoms with Gasteiger partial charge in [-0.05, 0) is 19.1 Å². The lowest BCUT2D eigenvalue weighted by molar-refractivity contribution is 1.66. The van der Waals surface area contributed by atoms with Crippen LogP contribution < -0.4 is 5.73 Å². The van der Waals surface area contributed by atoms with Crippen molar-refractivity contribution >= 4 is 37.1 Å². The summed E-state index contributed by atoms with van der Waals surface area (Å²) in [5.41, 5.74) is 5.61. The van der Waals surface area contributed by atoms with E-state index in [0.717, 1.165) is 5.00 Å². The summed E-state index contributed by atoms with van der Waals surface area (Å²) in [4.78, 5) is 1.36. The van der Waals surface area contributed by atoms with Gasteiger partial charge in [0.05, 0.1) is 9.01 Å². The highest BCUT2D eigenvalue weighted by Gasteiger charge is 2.00. The predicted octanol–water partition coefficient (Wildman–Crippen LogP) is 2.85. The molecule has 0 unspecified atom stereocenters. The van der Waals surface area contributed by atoms with Crippen molar-refractivity contribution in [2.45, 2.75) is 6.92 Å². The Balaban J connectivity index is 2.83. The standard InChI is InChI=1S/C7H7NS2/c1-4-2-5-3-6(8)10-7(5)9-4/h2-3H,8H2,1H3. The summed E-state index contributed by atoms with van der Waals surface area (Å²) in [5, 5.41) is 2.21. The first-order valence-corrected chi connectivity index (χ1v) is 4.64. The van der Waals surface area contributed by atoms with Gasteiger partial charge in [-0.3, -0.25) is 0 Å². The molecule has 2 heterocycles. The number of fused-ring (bicyclic) bond motifs is 1. The zero-order valence-corrected chi connectivity index (χ0v) is 7.18. The maximum atomic E-state index is 5.61. The molecular formula is C7H7NS2. The molecule has 3 heteroatoms. The molecule has 0 atom stereocenters. The third-order valence-corrected chi connectivity index (χ3v) is 3.49. The third kappa shape index (κ3) is 0.822. The van der Waals surface area contributed by atoms with Crippen LogP contribution in [-0.2, 0) is 0 Å². The first kappa shape index (κ1) is 6.19. The summed E-state index contributed by atoms with van der Waals surface area (Å²) in [6.45, 7) is 2.12. The van der Waals surface area contributed by atoms with Crippen LogP contribution in [0.15, 0.2) is 12.1 Å². The van der Waals surface area contributed by atoms with Crippen LogP contribution in [0.1, 0.15) is 4.88 Å². The molecule has 2 aromatic heterocycles. The minimum atomic E-state index is 0.918. The van der Waals surface area contributed by atoms with Gasteiger partial charge in [-0.2, -0.15) is 0 Å². The lowest BCUT2D eigenvalue weighted by Gasteiger charge is -1.75. The fourth-order valence-corrected chi connectivity index (χ4v) is 3.18. The molecule has 0 aromatic carbocycles. The topological polar surface area (TPSA) is 26.0 Å². The van der Waals surface area contributed by atoms with Gasteiger partial charge in [0, 0.05) is 10.3 Å². The molecule has 0 aliphatic rings. The van der Waals surface area contributed by atoms with E-state index in [-0.39, 0.29) is 0 Å². The van der Waals surface area contributed by atoms with Crippen LogP contribution in [0.5, 0.6) is 0 Å². The van der Waals surface area contributed by atoms with Gasteiger partial charge < -0.3 is 5.73 Å². The second-order valence-electron chi connectivity index (χ2n) is 2.25. The number of anilines is 1. The van der Waals surface area contributed by atoms with E-state index >= 15 is 0 Å². The molecule has 0 radical (unpaired) electrons. The largest absolute Gasteiger partial charge is 0.391 e. The quantitative estimate of drug-likeness (QED) is 0.644. The lowest BCUT2D eigenvalue weighted by atomic mass is 10.4. The lowest BCUT2D eigenvalue weighted by Crippen LogP contribution is -1.72. The van der Waals surface area contributed by atoms with E-state index in [1.165, 1.54) is 14.3 Å². The van der Waals surface area contributed by atoms with E-state index in [1.807, 2.05) is 17.4 Å². The maximum absolute atomic E-state index is 5.61. The molecule has 0 fully saturated rings. The fourth-order valence-electron chi connectivity index (χ4n) is 0.983. The van der Waals surface area contributed by atoms with Crippen molar-refractivity contribution in [3.63, 3.8) is 0 Å². The molecule has 0 bridgehead atoms. The second-order valence-corrected chi connectivity index (χ2v) is 4.85. The van der Waals surface area contributed by atoms with Crippen molar-refractivity contribution in [3.05, 3.63) is 17.0 Å². The van der Waals surface area contributed by atoms with Crippen molar-refractivity contribution in [3.8, 4) is 0 Å². The molecule has 0 spiro atoms. The molecule has 0 aliphatic heterocycles. The Morgan fingerprint density at radius 1 is 1.30 bits per heavy atom. The third-order valence-electron chi connectivity index (χ3n) is 1.36. The molecule has 2 rings (SSSR count). The molecule has 2 aromatic rings. The van der Waals surface area contributed by atoms with Gasteiger partial charge in [-0.25, -0.2) is 0 Å².